The van der Waals surface area contributed by atoms with Gasteiger partial charge in [-0.25, -0.2) is 22.0 Å². The third-order valence-electron chi connectivity index (χ3n) is 7.60. The molecule has 0 N–H and O–H groups in total. The van der Waals surface area contributed by atoms with Gasteiger partial charge in [-0.3, -0.25) is 0 Å². The molecule has 0 radical (unpaired) electrons. The fraction of sp³-hybridized carbons (Fsp3) is 0.500. The number of hydrogen-bond acceptors (Lipinski definition) is 1. The Morgan fingerprint density at radius 3 is 2.08 bits per heavy atom. The summed E-state index contributed by atoms with van der Waals surface area (Å²) in [6, 6.07) is 4.11. The van der Waals surface area contributed by atoms with Crippen LogP contribution in [0.15, 0.2) is 30.3 Å². The van der Waals surface area contributed by atoms with Gasteiger partial charge < -0.3 is 4.74 Å². The predicted octanol–water partition coefficient (Wildman–Crippen LogP) is 9.00. The smallest absolute Gasteiger partial charge is 0.400 e. The minimum absolute atomic E-state index is 0.176. The summed E-state index contributed by atoms with van der Waals surface area (Å²) < 4.78 is 103. The lowest BCUT2D eigenvalue weighted by Crippen LogP contribution is -2.38. The lowest BCUT2D eigenvalue weighted by molar-refractivity contribution is -0.224. The van der Waals surface area contributed by atoms with Crippen molar-refractivity contribution in [2.75, 3.05) is 0 Å². The molecule has 196 valence electrons. The number of ether oxygens (including phenoxy) is 1. The van der Waals surface area contributed by atoms with E-state index >= 15 is 0 Å². The van der Waals surface area contributed by atoms with E-state index in [9.17, 15) is 30.7 Å². The van der Waals surface area contributed by atoms with E-state index in [1.54, 1.807) is 12.1 Å². The first-order valence-corrected chi connectivity index (χ1v) is 12.5. The minimum atomic E-state index is -3.65. The average molecular weight is 515 g/mol. The zero-order chi connectivity index (χ0) is 26.0. The Labute approximate surface area is 206 Å². The maximum absolute atomic E-state index is 14.7. The maximum atomic E-state index is 14.7. The van der Waals surface area contributed by atoms with E-state index in [4.69, 9.17) is 0 Å². The molecule has 0 heterocycles. The predicted molar refractivity (Wildman–Crippen MR) is 123 cm³/mol. The fourth-order valence-electron chi connectivity index (χ4n) is 5.59. The first-order chi connectivity index (χ1) is 17.1. The third kappa shape index (κ3) is 5.57. The van der Waals surface area contributed by atoms with Gasteiger partial charge in [-0.15, -0.1) is 0 Å². The largest absolute Gasteiger partial charge is 0.432 e. The van der Waals surface area contributed by atoms with E-state index < -0.39 is 46.9 Å². The highest BCUT2D eigenvalue weighted by atomic mass is 19.3. The van der Waals surface area contributed by atoms with Gasteiger partial charge in [0.05, 0.1) is 5.92 Å². The molecule has 2 aliphatic carbocycles. The number of halogens is 7. The second-order valence-corrected chi connectivity index (χ2v) is 9.89. The van der Waals surface area contributed by atoms with E-state index in [0.717, 1.165) is 18.4 Å². The monoisotopic (exact) mass is 514 g/mol. The minimum Gasteiger partial charge on any atom is -0.432 e. The summed E-state index contributed by atoms with van der Waals surface area (Å²) in [5.41, 5.74) is 1.44. The van der Waals surface area contributed by atoms with Crippen LogP contribution in [-0.2, 0) is 6.42 Å². The van der Waals surface area contributed by atoms with E-state index in [0.29, 0.717) is 55.4 Å². The molecule has 1 saturated carbocycles. The van der Waals surface area contributed by atoms with Crippen molar-refractivity contribution in [3.05, 3.63) is 70.6 Å². The van der Waals surface area contributed by atoms with Gasteiger partial charge in [-0.05, 0) is 74.3 Å². The molecule has 0 aromatic heterocycles. The molecule has 2 aromatic rings. The van der Waals surface area contributed by atoms with Gasteiger partial charge in [-0.1, -0.05) is 31.6 Å². The van der Waals surface area contributed by atoms with Crippen molar-refractivity contribution in [2.24, 2.45) is 17.8 Å². The van der Waals surface area contributed by atoms with Crippen molar-refractivity contribution in [3.8, 4) is 5.75 Å². The average Bonchev–Trinajstić information content (AvgIpc) is 2.85. The zero-order valence-electron chi connectivity index (χ0n) is 20.0. The van der Waals surface area contributed by atoms with Gasteiger partial charge in [0.2, 0.25) is 0 Å². The Hall–Kier alpha value is -2.51. The molecule has 0 spiro atoms. The van der Waals surface area contributed by atoms with Crippen LogP contribution in [0.1, 0.15) is 69.4 Å². The van der Waals surface area contributed by atoms with Crippen molar-refractivity contribution < 1.29 is 35.5 Å². The highest BCUT2D eigenvalue weighted by Gasteiger charge is 2.45. The molecule has 0 amide bonds. The SMILES string of the molecule is CCCc1ccc(C2=CCC(C3CCC(C(F)(F)Oc4cc(F)c(F)c(F)c4)CC3)CC2)c(F)c1F. The van der Waals surface area contributed by atoms with E-state index in [-0.39, 0.29) is 24.7 Å². The molecule has 1 atom stereocenters. The molecule has 0 aliphatic heterocycles. The number of alkyl halides is 2. The summed E-state index contributed by atoms with van der Waals surface area (Å²) >= 11 is 0. The van der Waals surface area contributed by atoms with Crippen LogP contribution in [0.5, 0.6) is 5.75 Å². The molecule has 2 aliphatic rings. The van der Waals surface area contributed by atoms with Crippen molar-refractivity contribution >= 4 is 5.57 Å². The van der Waals surface area contributed by atoms with Gasteiger partial charge >= 0.3 is 6.11 Å². The molecular weight excluding hydrogens is 485 g/mol. The molecule has 1 nitrogen and oxygen atoms in total. The Morgan fingerprint density at radius 1 is 0.833 bits per heavy atom. The van der Waals surface area contributed by atoms with Crippen molar-refractivity contribution in [3.63, 3.8) is 0 Å². The van der Waals surface area contributed by atoms with Crippen LogP contribution in [0.2, 0.25) is 0 Å². The van der Waals surface area contributed by atoms with Crippen LogP contribution in [-0.4, -0.2) is 6.11 Å². The molecule has 2 aromatic carbocycles. The van der Waals surface area contributed by atoms with Crippen molar-refractivity contribution in [1.82, 2.24) is 0 Å². The van der Waals surface area contributed by atoms with Crippen LogP contribution in [0.3, 0.4) is 0 Å². The zero-order valence-corrected chi connectivity index (χ0v) is 20.0. The Balaban J connectivity index is 1.34. The van der Waals surface area contributed by atoms with Crippen LogP contribution < -0.4 is 4.74 Å². The lowest BCUT2D eigenvalue weighted by atomic mass is 9.70. The molecule has 0 saturated heterocycles. The number of aryl methyl sites for hydroxylation is 1. The fourth-order valence-corrected chi connectivity index (χ4v) is 5.59. The number of allylic oxidation sites excluding steroid dienone is 2. The van der Waals surface area contributed by atoms with Crippen molar-refractivity contribution in [2.45, 2.75) is 70.8 Å². The molecule has 1 fully saturated rings. The molecular formula is C28H29F7O. The Kier molecular flexibility index (Phi) is 8.00. The van der Waals surface area contributed by atoms with Gasteiger partial charge in [0, 0.05) is 17.7 Å². The highest BCUT2D eigenvalue weighted by molar-refractivity contribution is 5.67. The summed E-state index contributed by atoms with van der Waals surface area (Å²) in [5.74, 6) is -7.92. The summed E-state index contributed by atoms with van der Waals surface area (Å²) in [7, 11) is 0. The van der Waals surface area contributed by atoms with Gasteiger partial charge in [0.25, 0.3) is 0 Å². The Morgan fingerprint density at radius 2 is 1.50 bits per heavy atom. The van der Waals surface area contributed by atoms with Crippen LogP contribution >= 0.6 is 0 Å². The molecule has 36 heavy (non-hydrogen) atoms. The quantitative estimate of drug-likeness (QED) is 0.265. The summed E-state index contributed by atoms with van der Waals surface area (Å²) in [6.07, 6.45) is 2.96. The third-order valence-corrected chi connectivity index (χ3v) is 7.60. The number of rotatable bonds is 7. The van der Waals surface area contributed by atoms with Crippen LogP contribution in [0.4, 0.5) is 30.7 Å². The maximum Gasteiger partial charge on any atom is 0.400 e. The Bertz CT molecular complexity index is 1100. The van der Waals surface area contributed by atoms with Crippen LogP contribution in [0.25, 0.3) is 5.57 Å². The standard InChI is InChI=1S/C28H29F7O/c1-2-3-19-10-13-22(26(32)25(19)31)18-6-4-16(5-7-18)17-8-11-20(12-9-17)28(34,35)36-21-14-23(29)27(33)24(30)15-21/h6,10,13-17,20H,2-5,7-9,11-12H2,1H3. The molecule has 0 bridgehead atoms. The molecule has 4 rings (SSSR count). The molecule has 8 heteroatoms. The first kappa shape index (κ1) is 26.6. The highest BCUT2D eigenvalue weighted by Crippen LogP contribution is 2.45. The topological polar surface area (TPSA) is 9.23 Å². The molecule has 1 unspecified atom stereocenters. The second-order valence-electron chi connectivity index (χ2n) is 9.89. The van der Waals surface area contributed by atoms with Crippen LogP contribution in [0, 0.1) is 46.8 Å². The number of hydrogen-bond donors (Lipinski definition) is 0. The van der Waals surface area contributed by atoms with Gasteiger partial charge in [0.1, 0.15) is 5.75 Å². The van der Waals surface area contributed by atoms with Gasteiger partial charge in [-0.2, -0.15) is 8.78 Å². The van der Waals surface area contributed by atoms with Crippen molar-refractivity contribution in [1.29, 1.82) is 0 Å². The van der Waals surface area contributed by atoms with E-state index in [1.807, 2.05) is 13.0 Å². The van der Waals surface area contributed by atoms with E-state index in [2.05, 4.69) is 4.74 Å². The summed E-state index contributed by atoms with van der Waals surface area (Å²) in [5, 5.41) is 0. The number of benzene rings is 2. The normalized spacial score (nSPS) is 22.9. The second kappa shape index (κ2) is 10.9. The lowest BCUT2D eigenvalue weighted by Gasteiger charge is -2.37. The summed E-state index contributed by atoms with van der Waals surface area (Å²) in [6.45, 7) is 1.91. The van der Waals surface area contributed by atoms with Gasteiger partial charge in [0.15, 0.2) is 29.1 Å². The summed E-state index contributed by atoms with van der Waals surface area (Å²) in [4.78, 5) is 0. The first-order valence-electron chi connectivity index (χ1n) is 12.5. The van der Waals surface area contributed by atoms with E-state index in [1.165, 1.54) is 0 Å².